The summed E-state index contributed by atoms with van der Waals surface area (Å²) in [6.07, 6.45) is 3.45. The molecule has 3 nitrogen and oxygen atoms in total. The highest BCUT2D eigenvalue weighted by Gasteiger charge is 2.26. The topological polar surface area (TPSA) is 32.3 Å². The molecule has 0 aromatic carbocycles. The van der Waals surface area contributed by atoms with Crippen LogP contribution in [0.3, 0.4) is 0 Å². The van der Waals surface area contributed by atoms with Crippen LogP contribution in [0.5, 0.6) is 0 Å². The molecular formula is C9H18N2O. The molecule has 12 heavy (non-hydrogen) atoms. The molecule has 1 rings (SSSR count). The second-order valence-corrected chi connectivity index (χ2v) is 3.25. The Balaban J connectivity index is 2.52. The molecule has 70 valence electrons. The minimum atomic E-state index is 0.133. The van der Waals surface area contributed by atoms with E-state index in [0.29, 0.717) is 0 Å². The standard InChI is InChI=1S/C9H18N2O/c1-3-11-7-5-4-6-8(11)9(12)10-2/h8H,3-7H2,1-2H3,(H,10,12)/t8-/m0/s1. The molecule has 0 spiro atoms. The van der Waals surface area contributed by atoms with Crippen molar-refractivity contribution in [3.63, 3.8) is 0 Å². The van der Waals surface area contributed by atoms with Crippen LogP contribution in [0.2, 0.25) is 0 Å². The van der Waals surface area contributed by atoms with Gasteiger partial charge in [0.05, 0.1) is 6.04 Å². The van der Waals surface area contributed by atoms with Gasteiger partial charge >= 0.3 is 0 Å². The Kier molecular flexibility index (Phi) is 3.53. The average molecular weight is 170 g/mol. The molecule has 0 saturated carbocycles. The van der Waals surface area contributed by atoms with E-state index in [1.165, 1.54) is 12.8 Å². The van der Waals surface area contributed by atoms with E-state index in [1.54, 1.807) is 7.05 Å². The van der Waals surface area contributed by atoms with Gasteiger partial charge < -0.3 is 5.32 Å². The summed E-state index contributed by atoms with van der Waals surface area (Å²) >= 11 is 0. The molecule has 1 amide bonds. The first-order chi connectivity index (χ1) is 5.79. The van der Waals surface area contributed by atoms with Crippen LogP contribution in [0, 0.1) is 0 Å². The number of carbonyl (C=O) groups excluding carboxylic acids is 1. The van der Waals surface area contributed by atoms with Crippen molar-refractivity contribution in [1.29, 1.82) is 0 Å². The highest BCUT2D eigenvalue weighted by atomic mass is 16.2. The van der Waals surface area contributed by atoms with Gasteiger partial charge in [0, 0.05) is 7.05 Å². The van der Waals surface area contributed by atoms with Gasteiger partial charge in [-0.05, 0) is 25.9 Å². The van der Waals surface area contributed by atoms with E-state index in [2.05, 4.69) is 17.1 Å². The molecule has 1 N–H and O–H groups in total. The fourth-order valence-corrected chi connectivity index (χ4v) is 1.83. The average Bonchev–Trinajstić information content (AvgIpc) is 2.16. The zero-order valence-electron chi connectivity index (χ0n) is 7.97. The third-order valence-corrected chi connectivity index (χ3v) is 2.57. The normalized spacial score (nSPS) is 25.3. The summed E-state index contributed by atoms with van der Waals surface area (Å²) in [5.74, 6) is 0.177. The van der Waals surface area contributed by atoms with E-state index in [-0.39, 0.29) is 11.9 Å². The van der Waals surface area contributed by atoms with Crippen LogP contribution in [0.1, 0.15) is 26.2 Å². The van der Waals surface area contributed by atoms with Crippen molar-refractivity contribution in [2.24, 2.45) is 0 Å². The van der Waals surface area contributed by atoms with Crippen molar-refractivity contribution >= 4 is 5.91 Å². The quantitative estimate of drug-likeness (QED) is 0.658. The molecule has 0 aliphatic carbocycles. The number of hydrogen-bond donors (Lipinski definition) is 1. The van der Waals surface area contributed by atoms with Crippen molar-refractivity contribution in [2.45, 2.75) is 32.2 Å². The lowest BCUT2D eigenvalue weighted by Crippen LogP contribution is -2.48. The van der Waals surface area contributed by atoms with Crippen molar-refractivity contribution < 1.29 is 4.79 Å². The predicted octanol–water partition coefficient (Wildman–Crippen LogP) is 0.607. The molecule has 1 heterocycles. The van der Waals surface area contributed by atoms with Crippen molar-refractivity contribution in [3.05, 3.63) is 0 Å². The van der Waals surface area contributed by atoms with E-state index in [0.717, 1.165) is 19.5 Å². The fourth-order valence-electron chi connectivity index (χ4n) is 1.83. The van der Waals surface area contributed by atoms with Crippen LogP contribution in [0.25, 0.3) is 0 Å². The van der Waals surface area contributed by atoms with Crippen LogP contribution < -0.4 is 5.32 Å². The Bertz CT molecular complexity index is 159. The number of amides is 1. The van der Waals surface area contributed by atoms with Crippen LogP contribution in [-0.2, 0) is 4.79 Å². The van der Waals surface area contributed by atoms with Crippen molar-refractivity contribution in [3.8, 4) is 0 Å². The van der Waals surface area contributed by atoms with Gasteiger partial charge in [-0.15, -0.1) is 0 Å². The highest BCUT2D eigenvalue weighted by Crippen LogP contribution is 2.16. The first kappa shape index (κ1) is 9.52. The molecule has 3 heteroatoms. The van der Waals surface area contributed by atoms with Crippen molar-refractivity contribution in [2.75, 3.05) is 20.1 Å². The maximum absolute atomic E-state index is 11.4. The Morgan fingerprint density at radius 3 is 2.92 bits per heavy atom. The van der Waals surface area contributed by atoms with Gasteiger partial charge in [-0.25, -0.2) is 0 Å². The highest BCUT2D eigenvalue weighted by molar-refractivity contribution is 5.81. The number of carbonyl (C=O) groups is 1. The maximum Gasteiger partial charge on any atom is 0.237 e. The van der Waals surface area contributed by atoms with Crippen LogP contribution in [0.4, 0.5) is 0 Å². The Morgan fingerprint density at radius 1 is 1.58 bits per heavy atom. The third kappa shape index (κ3) is 1.97. The predicted molar refractivity (Wildman–Crippen MR) is 49.0 cm³/mol. The number of likely N-dealkylation sites (N-methyl/N-ethyl adjacent to an activating group) is 2. The summed E-state index contributed by atoms with van der Waals surface area (Å²) in [5, 5.41) is 2.72. The van der Waals surface area contributed by atoms with E-state index < -0.39 is 0 Å². The maximum atomic E-state index is 11.4. The molecule has 1 aliphatic heterocycles. The van der Waals surface area contributed by atoms with Gasteiger partial charge in [0.1, 0.15) is 0 Å². The van der Waals surface area contributed by atoms with Crippen LogP contribution in [0.15, 0.2) is 0 Å². The van der Waals surface area contributed by atoms with Gasteiger partial charge in [0.25, 0.3) is 0 Å². The largest absolute Gasteiger partial charge is 0.358 e. The van der Waals surface area contributed by atoms with Crippen molar-refractivity contribution in [1.82, 2.24) is 10.2 Å². The van der Waals surface area contributed by atoms with Gasteiger partial charge in [0.15, 0.2) is 0 Å². The molecular weight excluding hydrogens is 152 g/mol. The van der Waals surface area contributed by atoms with Crippen LogP contribution in [-0.4, -0.2) is 37.0 Å². The Labute approximate surface area is 74.1 Å². The SMILES string of the molecule is CCN1CCCC[C@H]1C(=O)NC. The zero-order chi connectivity index (χ0) is 8.97. The molecule has 1 saturated heterocycles. The van der Waals surface area contributed by atoms with E-state index >= 15 is 0 Å². The monoisotopic (exact) mass is 170 g/mol. The third-order valence-electron chi connectivity index (χ3n) is 2.57. The van der Waals surface area contributed by atoms with Gasteiger partial charge in [0.2, 0.25) is 5.91 Å². The minimum Gasteiger partial charge on any atom is -0.358 e. The molecule has 0 radical (unpaired) electrons. The number of nitrogens with zero attached hydrogens (tertiary/aromatic N) is 1. The first-order valence-corrected chi connectivity index (χ1v) is 4.75. The summed E-state index contributed by atoms with van der Waals surface area (Å²) in [7, 11) is 1.71. The zero-order valence-corrected chi connectivity index (χ0v) is 7.97. The van der Waals surface area contributed by atoms with E-state index in [9.17, 15) is 4.79 Å². The molecule has 1 aliphatic rings. The lowest BCUT2D eigenvalue weighted by molar-refractivity contribution is -0.127. The first-order valence-electron chi connectivity index (χ1n) is 4.75. The molecule has 1 fully saturated rings. The second-order valence-electron chi connectivity index (χ2n) is 3.25. The minimum absolute atomic E-state index is 0.133. The lowest BCUT2D eigenvalue weighted by atomic mass is 10.0. The Hall–Kier alpha value is -0.570. The number of hydrogen-bond acceptors (Lipinski definition) is 2. The second kappa shape index (κ2) is 4.45. The van der Waals surface area contributed by atoms with Gasteiger partial charge in [-0.1, -0.05) is 13.3 Å². The van der Waals surface area contributed by atoms with E-state index in [4.69, 9.17) is 0 Å². The number of rotatable bonds is 2. The Morgan fingerprint density at radius 2 is 2.33 bits per heavy atom. The molecule has 0 aromatic rings. The molecule has 1 atom stereocenters. The summed E-state index contributed by atoms with van der Waals surface area (Å²) in [6.45, 7) is 4.17. The van der Waals surface area contributed by atoms with Gasteiger partial charge in [-0.3, -0.25) is 9.69 Å². The number of likely N-dealkylation sites (tertiary alicyclic amines) is 1. The number of piperidine rings is 1. The molecule has 0 unspecified atom stereocenters. The number of nitrogens with one attached hydrogen (secondary N) is 1. The van der Waals surface area contributed by atoms with E-state index in [1.807, 2.05) is 0 Å². The summed E-state index contributed by atoms with van der Waals surface area (Å²) in [6, 6.07) is 0.133. The lowest BCUT2D eigenvalue weighted by Gasteiger charge is -2.33. The molecule has 0 bridgehead atoms. The summed E-state index contributed by atoms with van der Waals surface area (Å²) < 4.78 is 0. The summed E-state index contributed by atoms with van der Waals surface area (Å²) in [4.78, 5) is 13.6. The fraction of sp³-hybridized carbons (Fsp3) is 0.889. The smallest absolute Gasteiger partial charge is 0.237 e. The van der Waals surface area contributed by atoms with Crippen LogP contribution >= 0.6 is 0 Å². The summed E-state index contributed by atoms with van der Waals surface area (Å²) in [5.41, 5.74) is 0. The van der Waals surface area contributed by atoms with Gasteiger partial charge in [-0.2, -0.15) is 0 Å². The molecule has 0 aromatic heterocycles.